The summed E-state index contributed by atoms with van der Waals surface area (Å²) in [5, 5.41) is 18.5. The first-order valence-corrected chi connectivity index (χ1v) is 8.05. The average Bonchev–Trinajstić information content (AvgIpc) is 2.84. The quantitative estimate of drug-likeness (QED) is 0.747. The lowest BCUT2D eigenvalue weighted by Gasteiger charge is -2.36. The molecule has 2 N–H and O–H groups in total. The summed E-state index contributed by atoms with van der Waals surface area (Å²) in [6, 6.07) is 5.71. The molecular formula is C17H18N2O6. The highest BCUT2D eigenvalue weighted by atomic mass is 16.4. The molecule has 8 heteroatoms. The van der Waals surface area contributed by atoms with E-state index in [9.17, 15) is 29.4 Å². The van der Waals surface area contributed by atoms with Crippen molar-refractivity contribution in [1.29, 1.82) is 0 Å². The molecule has 8 nitrogen and oxygen atoms in total. The van der Waals surface area contributed by atoms with E-state index in [2.05, 4.69) is 0 Å². The van der Waals surface area contributed by atoms with Gasteiger partial charge in [0.2, 0.25) is 0 Å². The number of carbonyl (C=O) groups is 4. The Morgan fingerprint density at radius 1 is 0.960 bits per heavy atom. The molecule has 0 unspecified atom stereocenters. The van der Waals surface area contributed by atoms with Crippen LogP contribution in [-0.2, 0) is 9.59 Å². The Hall–Kier alpha value is -2.74. The lowest BCUT2D eigenvalue weighted by atomic mass is 9.93. The minimum Gasteiger partial charge on any atom is -0.481 e. The summed E-state index contributed by atoms with van der Waals surface area (Å²) in [4.78, 5) is 49.9. The van der Waals surface area contributed by atoms with Crippen LogP contribution < -0.4 is 0 Å². The van der Waals surface area contributed by atoms with Gasteiger partial charge in [0, 0.05) is 19.6 Å². The molecule has 0 bridgehead atoms. The Balaban J connectivity index is 1.71. The maximum Gasteiger partial charge on any atom is 0.320 e. The molecule has 1 fully saturated rings. The Labute approximate surface area is 143 Å². The van der Waals surface area contributed by atoms with Gasteiger partial charge in [0.1, 0.15) is 6.04 Å². The van der Waals surface area contributed by atoms with Crippen molar-refractivity contribution in [2.24, 2.45) is 5.92 Å². The highest BCUT2D eigenvalue weighted by molar-refractivity contribution is 6.21. The van der Waals surface area contributed by atoms with Crippen molar-refractivity contribution in [3.8, 4) is 0 Å². The minimum atomic E-state index is -1.02. The van der Waals surface area contributed by atoms with Gasteiger partial charge >= 0.3 is 11.9 Å². The number of benzene rings is 1. The van der Waals surface area contributed by atoms with Crippen LogP contribution in [0.2, 0.25) is 0 Å². The van der Waals surface area contributed by atoms with E-state index in [1.54, 1.807) is 24.3 Å². The summed E-state index contributed by atoms with van der Waals surface area (Å²) in [6.45, 7) is 0.254. The van der Waals surface area contributed by atoms with Gasteiger partial charge in [0.15, 0.2) is 0 Å². The van der Waals surface area contributed by atoms with Crippen LogP contribution in [0.5, 0.6) is 0 Å². The zero-order chi connectivity index (χ0) is 18.1. The van der Waals surface area contributed by atoms with Crippen LogP contribution in [0.1, 0.15) is 33.6 Å². The van der Waals surface area contributed by atoms with Gasteiger partial charge in [-0.1, -0.05) is 12.1 Å². The lowest BCUT2D eigenvalue weighted by Crippen LogP contribution is -2.51. The number of carbonyl (C=O) groups excluding carboxylic acids is 2. The highest BCUT2D eigenvalue weighted by Crippen LogP contribution is 2.25. The third-order valence-electron chi connectivity index (χ3n) is 4.81. The molecule has 0 aromatic heterocycles. The van der Waals surface area contributed by atoms with Crippen LogP contribution in [0.4, 0.5) is 0 Å². The molecule has 2 aliphatic heterocycles. The molecular weight excluding hydrogens is 328 g/mol. The maximum absolute atomic E-state index is 12.3. The summed E-state index contributed by atoms with van der Waals surface area (Å²) in [5.41, 5.74) is 0.675. The zero-order valence-corrected chi connectivity index (χ0v) is 13.4. The van der Waals surface area contributed by atoms with E-state index in [-0.39, 0.29) is 26.1 Å². The summed E-state index contributed by atoms with van der Waals surface area (Å²) in [5.74, 6) is -3.43. The number of hydrogen-bond acceptors (Lipinski definition) is 5. The first-order valence-electron chi connectivity index (χ1n) is 8.05. The number of rotatable bonds is 5. The maximum atomic E-state index is 12.3. The number of hydrogen-bond donors (Lipinski definition) is 2. The second kappa shape index (κ2) is 6.64. The summed E-state index contributed by atoms with van der Waals surface area (Å²) in [7, 11) is 0. The lowest BCUT2D eigenvalue weighted by molar-refractivity contribution is -0.151. The molecule has 2 heterocycles. The van der Waals surface area contributed by atoms with Crippen LogP contribution in [0.15, 0.2) is 24.3 Å². The van der Waals surface area contributed by atoms with E-state index in [1.807, 2.05) is 0 Å². The Morgan fingerprint density at radius 2 is 1.56 bits per heavy atom. The second-order valence-corrected chi connectivity index (χ2v) is 6.27. The van der Waals surface area contributed by atoms with Gasteiger partial charge in [-0.3, -0.25) is 29.0 Å². The number of piperidine rings is 1. The Bertz CT molecular complexity index is 711. The fourth-order valence-corrected chi connectivity index (χ4v) is 3.44. The number of nitrogens with zero attached hydrogens (tertiary/aromatic N) is 2. The number of likely N-dealkylation sites (tertiary alicyclic amines) is 1. The molecule has 2 aliphatic rings. The minimum absolute atomic E-state index is 0.0302. The van der Waals surface area contributed by atoms with E-state index in [0.717, 1.165) is 4.90 Å². The molecule has 2 atom stereocenters. The van der Waals surface area contributed by atoms with Gasteiger partial charge in [-0.2, -0.15) is 0 Å². The summed E-state index contributed by atoms with van der Waals surface area (Å²) >= 11 is 0. The van der Waals surface area contributed by atoms with Crippen molar-refractivity contribution in [1.82, 2.24) is 9.80 Å². The largest absolute Gasteiger partial charge is 0.481 e. The van der Waals surface area contributed by atoms with Crippen LogP contribution in [0.3, 0.4) is 0 Å². The van der Waals surface area contributed by atoms with E-state index in [4.69, 9.17) is 0 Å². The fourth-order valence-electron chi connectivity index (χ4n) is 3.44. The molecule has 1 aromatic rings. The first-order chi connectivity index (χ1) is 11.9. The molecule has 0 radical (unpaired) electrons. The third-order valence-corrected chi connectivity index (χ3v) is 4.81. The number of amides is 2. The monoisotopic (exact) mass is 346 g/mol. The number of carboxylic acid groups (broad SMARTS) is 2. The van der Waals surface area contributed by atoms with E-state index in [1.165, 1.54) is 4.90 Å². The SMILES string of the molecule is O=C(O)[C@H]1CC[C@H](C(=O)O)N(CCN2C(=O)c3ccccc3C2=O)C1. The molecule has 25 heavy (non-hydrogen) atoms. The van der Waals surface area contributed by atoms with Crippen molar-refractivity contribution in [3.63, 3.8) is 0 Å². The van der Waals surface area contributed by atoms with Crippen molar-refractivity contribution in [2.45, 2.75) is 18.9 Å². The van der Waals surface area contributed by atoms with Crippen LogP contribution >= 0.6 is 0 Å². The average molecular weight is 346 g/mol. The van der Waals surface area contributed by atoms with E-state index in [0.29, 0.717) is 17.5 Å². The molecule has 2 amide bonds. The fraction of sp³-hybridized carbons (Fsp3) is 0.412. The van der Waals surface area contributed by atoms with Crippen molar-refractivity contribution < 1.29 is 29.4 Å². The highest BCUT2D eigenvalue weighted by Gasteiger charge is 2.38. The smallest absolute Gasteiger partial charge is 0.320 e. The number of fused-ring (bicyclic) bond motifs is 1. The predicted octanol–water partition coefficient (Wildman–Crippen LogP) is 0.532. The van der Waals surface area contributed by atoms with Gasteiger partial charge < -0.3 is 10.2 Å². The van der Waals surface area contributed by atoms with Gasteiger partial charge in [0.25, 0.3) is 11.8 Å². The summed E-state index contributed by atoms with van der Waals surface area (Å²) < 4.78 is 0. The van der Waals surface area contributed by atoms with E-state index < -0.39 is 35.7 Å². The molecule has 3 rings (SSSR count). The molecule has 132 valence electrons. The normalized spacial score (nSPS) is 23.6. The van der Waals surface area contributed by atoms with Crippen molar-refractivity contribution in [2.75, 3.05) is 19.6 Å². The standard InChI is InChI=1S/C17H18N2O6/c20-14-11-3-1-2-4-12(11)15(21)19(14)8-7-18-9-10(16(22)23)5-6-13(18)17(24)25/h1-4,10,13H,5-9H2,(H,22,23)(H,24,25)/t10-,13+/m0/s1. The third kappa shape index (κ3) is 3.12. The van der Waals surface area contributed by atoms with Gasteiger partial charge in [-0.15, -0.1) is 0 Å². The molecule has 1 aromatic carbocycles. The Kier molecular flexibility index (Phi) is 4.54. The van der Waals surface area contributed by atoms with Gasteiger partial charge in [-0.05, 0) is 25.0 Å². The van der Waals surface area contributed by atoms with Gasteiger partial charge in [0.05, 0.1) is 17.0 Å². The predicted molar refractivity (Wildman–Crippen MR) is 85.2 cm³/mol. The Morgan fingerprint density at radius 3 is 2.08 bits per heavy atom. The molecule has 0 saturated carbocycles. The van der Waals surface area contributed by atoms with Crippen LogP contribution in [-0.4, -0.2) is 69.4 Å². The summed E-state index contributed by atoms with van der Waals surface area (Å²) in [6.07, 6.45) is 0.532. The molecule has 1 saturated heterocycles. The van der Waals surface area contributed by atoms with Crippen LogP contribution in [0.25, 0.3) is 0 Å². The van der Waals surface area contributed by atoms with Crippen molar-refractivity contribution >= 4 is 23.8 Å². The number of carboxylic acids is 2. The van der Waals surface area contributed by atoms with Crippen molar-refractivity contribution in [3.05, 3.63) is 35.4 Å². The van der Waals surface area contributed by atoms with Gasteiger partial charge in [-0.25, -0.2) is 0 Å². The first kappa shape index (κ1) is 17.1. The van der Waals surface area contributed by atoms with Crippen LogP contribution in [0, 0.1) is 5.92 Å². The zero-order valence-electron chi connectivity index (χ0n) is 13.4. The number of aliphatic carboxylic acids is 2. The molecule has 0 aliphatic carbocycles. The van der Waals surface area contributed by atoms with E-state index >= 15 is 0 Å². The second-order valence-electron chi connectivity index (χ2n) is 6.27. The topological polar surface area (TPSA) is 115 Å². The molecule has 0 spiro atoms. The number of imide groups is 1.